The number of nitrogens with zero attached hydrogens (tertiary/aromatic N) is 4. The second kappa shape index (κ2) is 11.0. The highest BCUT2D eigenvalue weighted by Crippen LogP contribution is 2.44. The van der Waals surface area contributed by atoms with Crippen molar-refractivity contribution in [3.63, 3.8) is 0 Å². The molecule has 0 aliphatic carbocycles. The lowest BCUT2D eigenvalue weighted by molar-refractivity contribution is 0.0973. The molecule has 3 aromatic carbocycles. The molecule has 0 saturated carbocycles. The second-order valence-corrected chi connectivity index (χ2v) is 13.8. The molecule has 4 fully saturated rings. The van der Waals surface area contributed by atoms with Gasteiger partial charge in [0.2, 0.25) is 0 Å². The fraction of sp³-hybridized carbons (Fsp3) is 0.486. The summed E-state index contributed by atoms with van der Waals surface area (Å²) >= 11 is 0. The summed E-state index contributed by atoms with van der Waals surface area (Å²) in [5.74, 6) is -1.29. The number of ether oxygens (including phenoxy) is 2. The molecule has 11 heteroatoms. The van der Waals surface area contributed by atoms with E-state index in [0.717, 1.165) is 62.6 Å². The molecule has 46 heavy (non-hydrogen) atoms. The Morgan fingerprint density at radius 2 is 1.89 bits per heavy atom. The third kappa shape index (κ3) is 4.77. The first kappa shape index (κ1) is 29.7. The van der Waals surface area contributed by atoms with Gasteiger partial charge in [-0.05, 0) is 86.0 Å². The molecular weight excluding hydrogens is 595 g/mol. The van der Waals surface area contributed by atoms with Crippen LogP contribution in [0, 0.1) is 17.0 Å². The van der Waals surface area contributed by atoms with Gasteiger partial charge in [-0.3, -0.25) is 4.90 Å². The van der Waals surface area contributed by atoms with Crippen LogP contribution in [0.5, 0.6) is 11.8 Å². The van der Waals surface area contributed by atoms with Crippen LogP contribution in [0.15, 0.2) is 42.5 Å². The van der Waals surface area contributed by atoms with Gasteiger partial charge in [0, 0.05) is 48.3 Å². The number of fused-ring (bicyclic) bond motifs is 3. The van der Waals surface area contributed by atoms with Crippen LogP contribution >= 0.6 is 0 Å². The number of benzene rings is 3. The Balaban J connectivity index is 1.19. The number of piperidine rings is 1. The van der Waals surface area contributed by atoms with Crippen LogP contribution in [0.2, 0.25) is 0 Å². The number of phenols is 1. The molecule has 5 heterocycles. The zero-order chi connectivity index (χ0) is 31.8. The average molecular weight is 634 g/mol. The lowest BCUT2D eigenvalue weighted by atomic mass is 9.73. The number of hydrogen-bond donors (Lipinski definition) is 2. The summed E-state index contributed by atoms with van der Waals surface area (Å²) in [5.41, 5.74) is 7.63. The molecule has 8 nitrogen and oxygen atoms in total. The summed E-state index contributed by atoms with van der Waals surface area (Å²) < 4.78 is 56.3. The molecule has 3 N–H and O–H groups in total. The summed E-state index contributed by atoms with van der Waals surface area (Å²) in [6.07, 6.45) is 3.14. The molecule has 1 aromatic heterocycles. The highest BCUT2D eigenvalue weighted by atomic mass is 19.2. The first-order valence-corrected chi connectivity index (χ1v) is 16.2. The highest BCUT2D eigenvalue weighted by molar-refractivity contribution is 6.01. The number of aromatic hydroxyl groups is 1. The maximum atomic E-state index is 15.2. The molecule has 1 spiro atoms. The number of alkyl halides is 1. The molecule has 242 valence electrons. The van der Waals surface area contributed by atoms with E-state index in [2.05, 4.69) is 9.80 Å². The predicted molar refractivity (Wildman–Crippen MR) is 170 cm³/mol. The minimum atomic E-state index is -0.978. The normalized spacial score (nSPS) is 27.7. The molecule has 4 atom stereocenters. The van der Waals surface area contributed by atoms with Crippen molar-refractivity contribution in [3.05, 3.63) is 54.1 Å². The Morgan fingerprint density at radius 1 is 1.07 bits per heavy atom. The third-order valence-corrected chi connectivity index (χ3v) is 11.1. The fourth-order valence-electron chi connectivity index (χ4n) is 8.46. The van der Waals surface area contributed by atoms with E-state index in [1.165, 1.54) is 18.2 Å². The van der Waals surface area contributed by atoms with Crippen molar-refractivity contribution < 1.29 is 27.8 Å². The number of anilines is 1. The van der Waals surface area contributed by atoms with E-state index in [9.17, 15) is 13.9 Å². The number of aromatic nitrogens is 2. The van der Waals surface area contributed by atoms with Gasteiger partial charge in [-0.25, -0.2) is 13.2 Å². The van der Waals surface area contributed by atoms with Gasteiger partial charge in [0.05, 0.1) is 23.8 Å². The Morgan fingerprint density at radius 3 is 2.67 bits per heavy atom. The van der Waals surface area contributed by atoms with E-state index in [-0.39, 0.29) is 46.9 Å². The van der Waals surface area contributed by atoms with Crippen LogP contribution < -0.4 is 15.4 Å². The van der Waals surface area contributed by atoms with Crippen molar-refractivity contribution in [2.24, 2.45) is 11.1 Å². The first-order chi connectivity index (χ1) is 22.1. The quantitative estimate of drug-likeness (QED) is 0.288. The highest BCUT2D eigenvalue weighted by Gasteiger charge is 2.50. The van der Waals surface area contributed by atoms with E-state index in [1.54, 1.807) is 6.07 Å². The van der Waals surface area contributed by atoms with Crippen molar-refractivity contribution >= 4 is 27.5 Å². The summed E-state index contributed by atoms with van der Waals surface area (Å²) in [5, 5.41) is 11.7. The van der Waals surface area contributed by atoms with Crippen LogP contribution in [0.25, 0.3) is 32.8 Å². The predicted octanol–water partition coefficient (Wildman–Crippen LogP) is 5.72. The van der Waals surface area contributed by atoms with Gasteiger partial charge in [0.1, 0.15) is 24.3 Å². The van der Waals surface area contributed by atoms with Gasteiger partial charge in [-0.1, -0.05) is 12.1 Å². The van der Waals surface area contributed by atoms with E-state index in [1.807, 2.05) is 19.1 Å². The third-order valence-electron chi connectivity index (χ3n) is 11.1. The fourth-order valence-corrected chi connectivity index (χ4v) is 8.46. The molecule has 0 amide bonds. The number of halogens is 3. The summed E-state index contributed by atoms with van der Waals surface area (Å²) in [7, 11) is 0. The van der Waals surface area contributed by atoms with Crippen LogP contribution in [0.4, 0.5) is 19.0 Å². The Labute approximate surface area is 265 Å². The van der Waals surface area contributed by atoms with Gasteiger partial charge in [0.25, 0.3) is 0 Å². The maximum Gasteiger partial charge on any atom is 0.319 e. The summed E-state index contributed by atoms with van der Waals surface area (Å²) in [6.45, 7) is 5.68. The molecule has 4 saturated heterocycles. The SMILES string of the molecule is C[C@@H]1OCC2(CCN(c3nc(OC[C@@]45CCCN4C[C@H](F)C5)nc4cc(-c5cc(O)cc6ccc(F)c(F)c56)ccc34)CC2)[C@@H]1N. The van der Waals surface area contributed by atoms with Gasteiger partial charge in [-0.15, -0.1) is 0 Å². The van der Waals surface area contributed by atoms with E-state index in [0.29, 0.717) is 41.6 Å². The van der Waals surface area contributed by atoms with Crippen LogP contribution in [0.3, 0.4) is 0 Å². The van der Waals surface area contributed by atoms with E-state index >= 15 is 4.39 Å². The Kier molecular flexibility index (Phi) is 7.08. The zero-order valence-corrected chi connectivity index (χ0v) is 25.8. The Hall–Kier alpha value is -3.67. The lowest BCUT2D eigenvalue weighted by Gasteiger charge is -2.41. The number of rotatable bonds is 5. The van der Waals surface area contributed by atoms with Gasteiger partial charge in [0.15, 0.2) is 11.6 Å². The zero-order valence-electron chi connectivity index (χ0n) is 25.8. The number of phenolic OH excluding ortho intramolecular Hbond substituents is 1. The monoisotopic (exact) mass is 633 g/mol. The topological polar surface area (TPSA) is 97.0 Å². The molecule has 0 unspecified atom stereocenters. The molecule has 4 aliphatic rings. The molecule has 0 radical (unpaired) electrons. The first-order valence-electron chi connectivity index (χ1n) is 16.2. The minimum Gasteiger partial charge on any atom is -0.508 e. The van der Waals surface area contributed by atoms with Crippen molar-refractivity contribution in [3.8, 4) is 22.9 Å². The average Bonchev–Trinajstić information content (AvgIpc) is 3.67. The van der Waals surface area contributed by atoms with Crippen molar-refractivity contribution in [1.29, 1.82) is 0 Å². The smallest absolute Gasteiger partial charge is 0.319 e. The van der Waals surface area contributed by atoms with Crippen molar-refractivity contribution in [2.45, 2.75) is 62.9 Å². The molecular formula is C35H38F3N5O3. The molecule has 0 bridgehead atoms. The lowest BCUT2D eigenvalue weighted by Crippen LogP contribution is -2.50. The second-order valence-electron chi connectivity index (χ2n) is 13.8. The molecule has 8 rings (SSSR count). The van der Waals surface area contributed by atoms with Crippen molar-refractivity contribution in [2.75, 3.05) is 44.3 Å². The van der Waals surface area contributed by atoms with E-state index in [4.69, 9.17) is 25.2 Å². The largest absolute Gasteiger partial charge is 0.508 e. The van der Waals surface area contributed by atoms with Crippen LogP contribution in [0.1, 0.15) is 39.0 Å². The number of hydrogen-bond acceptors (Lipinski definition) is 8. The molecule has 4 aromatic rings. The van der Waals surface area contributed by atoms with Crippen molar-refractivity contribution in [1.82, 2.24) is 14.9 Å². The standard InChI is InChI=1S/C35H38F3N5O3/c1-20-31(39)34(18-45-20)8-11-42(12-9-34)32-25-5-3-21(26-15-24(44)13-22-4-6-27(37)30(38)29(22)26)14-28(25)40-33(41-32)46-19-35-7-2-10-43(35)17-23(36)16-35/h3-6,13-15,20,23,31,44H,2,7-12,16-19,39H2,1H3/t20-,23+,31+,35-/m0/s1. The summed E-state index contributed by atoms with van der Waals surface area (Å²) in [6, 6.07) is 11.0. The summed E-state index contributed by atoms with van der Waals surface area (Å²) in [4.78, 5) is 14.1. The molecule has 4 aliphatic heterocycles. The maximum absolute atomic E-state index is 15.2. The van der Waals surface area contributed by atoms with Gasteiger partial charge >= 0.3 is 6.01 Å². The number of nitrogens with two attached hydrogens (primary N) is 1. The van der Waals surface area contributed by atoms with Crippen LogP contribution in [-0.2, 0) is 4.74 Å². The van der Waals surface area contributed by atoms with Crippen LogP contribution in [-0.4, -0.2) is 83.2 Å². The minimum absolute atomic E-state index is 0.0192. The van der Waals surface area contributed by atoms with Gasteiger partial charge in [-0.2, -0.15) is 9.97 Å². The van der Waals surface area contributed by atoms with E-state index < -0.39 is 17.8 Å². The Bertz CT molecular complexity index is 1830. The van der Waals surface area contributed by atoms with Gasteiger partial charge < -0.3 is 25.2 Å².